The highest BCUT2D eigenvalue weighted by atomic mass is 16.5. The zero-order valence-electron chi connectivity index (χ0n) is 12.6. The van der Waals surface area contributed by atoms with Gasteiger partial charge in [-0.3, -0.25) is 9.78 Å². The summed E-state index contributed by atoms with van der Waals surface area (Å²) in [5, 5.41) is 9.15. The lowest BCUT2D eigenvalue weighted by Crippen LogP contribution is -2.40. The maximum Gasteiger partial charge on any atom is 0.272 e. The van der Waals surface area contributed by atoms with Gasteiger partial charge < -0.3 is 14.7 Å². The van der Waals surface area contributed by atoms with Crippen LogP contribution in [0.15, 0.2) is 18.3 Å². The topological polar surface area (TPSA) is 62.7 Å². The van der Waals surface area contributed by atoms with Gasteiger partial charge in [0, 0.05) is 33.0 Å². The van der Waals surface area contributed by atoms with Crippen molar-refractivity contribution in [2.75, 3.05) is 26.8 Å². The molecule has 0 spiro atoms. The van der Waals surface area contributed by atoms with Crippen molar-refractivity contribution in [1.82, 2.24) is 9.88 Å². The molecule has 1 aromatic heterocycles. The quantitative estimate of drug-likeness (QED) is 0.813. The van der Waals surface area contributed by atoms with Crippen LogP contribution in [0.3, 0.4) is 0 Å². The summed E-state index contributed by atoms with van der Waals surface area (Å²) in [5.74, 6) is 0.528. The van der Waals surface area contributed by atoms with Crippen molar-refractivity contribution in [2.45, 2.75) is 32.3 Å². The van der Waals surface area contributed by atoms with Crippen LogP contribution < -0.4 is 0 Å². The van der Waals surface area contributed by atoms with Crippen LogP contribution in [0.1, 0.15) is 41.7 Å². The first-order valence-corrected chi connectivity index (χ1v) is 7.58. The Kier molecular flexibility index (Phi) is 6.14. The summed E-state index contributed by atoms with van der Waals surface area (Å²) < 4.78 is 5.09. The van der Waals surface area contributed by atoms with E-state index in [0.29, 0.717) is 11.6 Å². The van der Waals surface area contributed by atoms with Gasteiger partial charge in [0.1, 0.15) is 5.69 Å². The minimum Gasteiger partial charge on any atom is -0.392 e. The molecule has 2 rings (SSSR count). The summed E-state index contributed by atoms with van der Waals surface area (Å²) in [6.45, 7) is 2.31. The van der Waals surface area contributed by atoms with Gasteiger partial charge in [-0.25, -0.2) is 0 Å². The van der Waals surface area contributed by atoms with Crippen molar-refractivity contribution in [3.63, 3.8) is 0 Å². The third-order valence-electron chi connectivity index (χ3n) is 3.99. The molecule has 1 fully saturated rings. The molecule has 1 saturated heterocycles. The summed E-state index contributed by atoms with van der Waals surface area (Å²) in [7, 11) is 1.72. The Bertz CT molecular complexity index is 465. The molecule has 21 heavy (non-hydrogen) atoms. The number of aliphatic hydroxyl groups excluding tert-OH is 1. The number of amides is 1. The number of carbonyl (C=O) groups is 1. The van der Waals surface area contributed by atoms with Crippen molar-refractivity contribution >= 4 is 5.91 Å². The Hall–Kier alpha value is -1.46. The van der Waals surface area contributed by atoms with Gasteiger partial charge >= 0.3 is 0 Å². The first kappa shape index (κ1) is 15.9. The van der Waals surface area contributed by atoms with E-state index in [-0.39, 0.29) is 12.5 Å². The van der Waals surface area contributed by atoms with Crippen LogP contribution in [-0.2, 0) is 11.3 Å². The maximum atomic E-state index is 12.5. The van der Waals surface area contributed by atoms with E-state index in [2.05, 4.69) is 4.98 Å². The van der Waals surface area contributed by atoms with Gasteiger partial charge in [-0.1, -0.05) is 0 Å². The molecular weight excluding hydrogens is 268 g/mol. The van der Waals surface area contributed by atoms with Gasteiger partial charge in [0.05, 0.1) is 6.61 Å². The number of ether oxygens (including phenoxy) is 1. The molecule has 2 heterocycles. The Morgan fingerprint density at radius 3 is 3.19 bits per heavy atom. The second-order valence-electron chi connectivity index (χ2n) is 5.60. The van der Waals surface area contributed by atoms with E-state index in [1.54, 1.807) is 25.4 Å². The molecule has 0 saturated carbocycles. The standard InChI is InChI=1S/C16H24N2O3/c1-21-9-3-5-13-4-2-8-18(11-13)16(20)15-10-14(12-19)6-7-17-15/h6-7,10,13,19H,2-5,8-9,11-12H2,1H3/t13-/m1/s1. The number of carbonyl (C=O) groups excluding carboxylic acids is 1. The number of nitrogens with zero attached hydrogens (tertiary/aromatic N) is 2. The predicted molar refractivity (Wildman–Crippen MR) is 79.9 cm³/mol. The van der Waals surface area contributed by atoms with E-state index >= 15 is 0 Å². The van der Waals surface area contributed by atoms with Crippen LogP contribution in [0.4, 0.5) is 0 Å². The van der Waals surface area contributed by atoms with Crippen LogP contribution >= 0.6 is 0 Å². The van der Waals surface area contributed by atoms with Crippen LogP contribution in [0.25, 0.3) is 0 Å². The number of pyridine rings is 1. The third-order valence-corrected chi connectivity index (χ3v) is 3.99. The Morgan fingerprint density at radius 1 is 1.57 bits per heavy atom. The molecule has 5 heteroatoms. The molecule has 0 aromatic carbocycles. The van der Waals surface area contributed by atoms with Crippen molar-refractivity contribution in [3.05, 3.63) is 29.6 Å². The second-order valence-corrected chi connectivity index (χ2v) is 5.60. The molecule has 0 radical (unpaired) electrons. The highest BCUT2D eigenvalue weighted by Crippen LogP contribution is 2.22. The van der Waals surface area contributed by atoms with E-state index in [4.69, 9.17) is 9.84 Å². The number of rotatable bonds is 6. The van der Waals surface area contributed by atoms with Gasteiger partial charge in [0.2, 0.25) is 0 Å². The molecule has 1 amide bonds. The molecule has 1 atom stereocenters. The van der Waals surface area contributed by atoms with Crippen LogP contribution in [0.2, 0.25) is 0 Å². The summed E-state index contributed by atoms with van der Waals surface area (Å²) in [6, 6.07) is 3.40. The normalized spacial score (nSPS) is 18.8. The lowest BCUT2D eigenvalue weighted by atomic mass is 9.93. The summed E-state index contributed by atoms with van der Waals surface area (Å²) in [6.07, 6.45) is 5.95. The minimum absolute atomic E-state index is 0.0262. The number of piperidine rings is 1. The maximum absolute atomic E-state index is 12.5. The molecule has 1 aromatic rings. The van der Waals surface area contributed by atoms with Crippen molar-refractivity contribution in [2.24, 2.45) is 5.92 Å². The molecule has 0 aliphatic carbocycles. The van der Waals surface area contributed by atoms with E-state index < -0.39 is 0 Å². The molecule has 0 bridgehead atoms. The van der Waals surface area contributed by atoms with Crippen molar-refractivity contribution < 1.29 is 14.6 Å². The average Bonchev–Trinajstić information content (AvgIpc) is 2.55. The van der Waals surface area contributed by atoms with Gasteiger partial charge in [-0.05, 0) is 49.3 Å². The Labute approximate surface area is 125 Å². The van der Waals surface area contributed by atoms with E-state index in [1.807, 2.05) is 4.90 Å². The molecule has 116 valence electrons. The number of aliphatic hydroxyl groups is 1. The fourth-order valence-corrected chi connectivity index (χ4v) is 2.85. The highest BCUT2D eigenvalue weighted by molar-refractivity contribution is 5.92. The van der Waals surface area contributed by atoms with E-state index in [1.165, 1.54) is 6.42 Å². The fourth-order valence-electron chi connectivity index (χ4n) is 2.85. The molecule has 1 N–H and O–H groups in total. The first-order valence-electron chi connectivity index (χ1n) is 7.58. The average molecular weight is 292 g/mol. The summed E-state index contributed by atoms with van der Waals surface area (Å²) in [4.78, 5) is 18.5. The molecule has 5 nitrogen and oxygen atoms in total. The zero-order chi connectivity index (χ0) is 15.1. The summed E-state index contributed by atoms with van der Waals surface area (Å²) >= 11 is 0. The number of hydrogen-bond acceptors (Lipinski definition) is 4. The van der Waals surface area contributed by atoms with Crippen molar-refractivity contribution in [1.29, 1.82) is 0 Å². The number of likely N-dealkylation sites (tertiary alicyclic amines) is 1. The fraction of sp³-hybridized carbons (Fsp3) is 0.625. The number of hydrogen-bond donors (Lipinski definition) is 1. The third kappa shape index (κ3) is 4.51. The number of aromatic nitrogens is 1. The smallest absolute Gasteiger partial charge is 0.272 e. The monoisotopic (exact) mass is 292 g/mol. The predicted octanol–water partition coefficient (Wildman–Crippen LogP) is 1.85. The van der Waals surface area contributed by atoms with Crippen LogP contribution in [-0.4, -0.2) is 47.7 Å². The van der Waals surface area contributed by atoms with E-state index in [0.717, 1.165) is 44.5 Å². The number of methoxy groups -OCH3 is 1. The Morgan fingerprint density at radius 2 is 2.43 bits per heavy atom. The summed E-state index contributed by atoms with van der Waals surface area (Å²) in [5.41, 5.74) is 1.15. The SMILES string of the molecule is COCCC[C@H]1CCCN(C(=O)c2cc(CO)ccn2)C1. The highest BCUT2D eigenvalue weighted by Gasteiger charge is 2.24. The van der Waals surface area contributed by atoms with Crippen LogP contribution in [0, 0.1) is 5.92 Å². The zero-order valence-corrected chi connectivity index (χ0v) is 12.6. The molecule has 0 unspecified atom stereocenters. The molecule has 1 aliphatic heterocycles. The lowest BCUT2D eigenvalue weighted by Gasteiger charge is -2.32. The first-order chi connectivity index (χ1) is 10.2. The molecular formula is C16H24N2O3. The largest absolute Gasteiger partial charge is 0.392 e. The van der Waals surface area contributed by atoms with Gasteiger partial charge in [0.15, 0.2) is 0 Å². The van der Waals surface area contributed by atoms with E-state index in [9.17, 15) is 4.79 Å². The van der Waals surface area contributed by atoms with Crippen molar-refractivity contribution in [3.8, 4) is 0 Å². The second kappa shape index (κ2) is 8.10. The van der Waals surface area contributed by atoms with Gasteiger partial charge in [-0.2, -0.15) is 0 Å². The van der Waals surface area contributed by atoms with Gasteiger partial charge in [0.25, 0.3) is 5.91 Å². The molecule has 1 aliphatic rings. The minimum atomic E-state index is -0.0670. The lowest BCUT2D eigenvalue weighted by molar-refractivity contribution is 0.0654. The van der Waals surface area contributed by atoms with Crippen LogP contribution in [0.5, 0.6) is 0 Å². The Balaban J connectivity index is 1.94. The van der Waals surface area contributed by atoms with Gasteiger partial charge in [-0.15, -0.1) is 0 Å².